The molecule has 0 atom stereocenters. The highest BCUT2D eigenvalue weighted by molar-refractivity contribution is 6.38. The zero-order chi connectivity index (χ0) is 21.6. The molecule has 2 aromatic rings. The zero-order valence-electron chi connectivity index (χ0n) is 14.5. The number of hydrogen-bond donors (Lipinski definition) is 0. The van der Waals surface area contributed by atoms with Crippen LogP contribution in [0, 0.1) is 22.7 Å². The van der Waals surface area contributed by atoms with Gasteiger partial charge in [-0.05, 0) is 30.7 Å². The van der Waals surface area contributed by atoms with Crippen molar-refractivity contribution in [3.63, 3.8) is 0 Å². The van der Waals surface area contributed by atoms with Gasteiger partial charge in [-0.2, -0.15) is 10.5 Å². The SMILES string of the molecule is N#Cc1cc(Cl)c(OC(=O)CCCC(=O)Oc2c(Cl)cc(C#N)cc2Cl)c(Cl)c1. The van der Waals surface area contributed by atoms with E-state index in [2.05, 4.69) is 0 Å². The minimum atomic E-state index is -0.666. The van der Waals surface area contributed by atoms with Crippen LogP contribution < -0.4 is 9.47 Å². The van der Waals surface area contributed by atoms with E-state index in [1.54, 1.807) is 0 Å². The maximum atomic E-state index is 12.0. The number of hydrogen-bond acceptors (Lipinski definition) is 6. The van der Waals surface area contributed by atoms with Gasteiger partial charge < -0.3 is 9.47 Å². The predicted octanol–water partition coefficient (Wildman–Crippen LogP) is 5.72. The van der Waals surface area contributed by atoms with Crippen molar-refractivity contribution in [2.75, 3.05) is 0 Å². The van der Waals surface area contributed by atoms with Crippen LogP contribution in [-0.4, -0.2) is 11.9 Å². The first-order valence-electron chi connectivity index (χ1n) is 7.94. The van der Waals surface area contributed by atoms with Crippen molar-refractivity contribution < 1.29 is 19.1 Å². The van der Waals surface area contributed by atoms with Crippen molar-refractivity contribution >= 4 is 58.3 Å². The maximum Gasteiger partial charge on any atom is 0.311 e. The lowest BCUT2D eigenvalue weighted by Gasteiger charge is -2.10. The molecule has 0 N–H and O–H groups in total. The monoisotopic (exact) mass is 470 g/mol. The van der Waals surface area contributed by atoms with Crippen molar-refractivity contribution in [3.05, 3.63) is 55.5 Å². The first-order chi connectivity index (χ1) is 13.7. The number of ether oxygens (including phenoxy) is 2. The quantitative estimate of drug-likeness (QED) is 0.394. The highest BCUT2D eigenvalue weighted by Crippen LogP contribution is 2.35. The predicted molar refractivity (Wildman–Crippen MR) is 107 cm³/mol. The largest absolute Gasteiger partial charge is 0.423 e. The fourth-order valence-electron chi connectivity index (χ4n) is 2.15. The van der Waals surface area contributed by atoms with Crippen LogP contribution in [0.25, 0.3) is 0 Å². The molecule has 0 saturated heterocycles. The van der Waals surface area contributed by atoms with Crippen LogP contribution in [0.4, 0.5) is 0 Å². The van der Waals surface area contributed by atoms with Gasteiger partial charge in [-0.15, -0.1) is 0 Å². The summed E-state index contributed by atoms with van der Waals surface area (Å²) in [6.45, 7) is 0. The molecule has 0 aliphatic carbocycles. The molecule has 2 aromatic carbocycles. The minimum absolute atomic E-state index is 0.0203. The Bertz CT molecular complexity index is 928. The lowest BCUT2D eigenvalue weighted by molar-refractivity contribution is -0.136. The van der Waals surface area contributed by atoms with Crippen molar-refractivity contribution in [1.82, 2.24) is 0 Å². The smallest absolute Gasteiger partial charge is 0.311 e. The van der Waals surface area contributed by atoms with Gasteiger partial charge in [-0.3, -0.25) is 9.59 Å². The Labute approximate surface area is 186 Å². The van der Waals surface area contributed by atoms with E-state index in [0.29, 0.717) is 0 Å². The fraction of sp³-hybridized carbons (Fsp3) is 0.158. The molecule has 0 aliphatic rings. The summed E-state index contributed by atoms with van der Waals surface area (Å²) < 4.78 is 10.2. The second-order valence-corrected chi connectivity index (χ2v) is 7.19. The van der Waals surface area contributed by atoms with Crippen LogP contribution >= 0.6 is 46.4 Å². The van der Waals surface area contributed by atoms with Crippen molar-refractivity contribution in [3.8, 4) is 23.6 Å². The van der Waals surface area contributed by atoms with E-state index in [1.807, 2.05) is 12.1 Å². The van der Waals surface area contributed by atoms with Crippen molar-refractivity contribution in [1.29, 1.82) is 10.5 Å². The zero-order valence-corrected chi connectivity index (χ0v) is 17.5. The van der Waals surface area contributed by atoms with E-state index in [-0.39, 0.29) is 62.0 Å². The van der Waals surface area contributed by atoms with E-state index >= 15 is 0 Å². The van der Waals surface area contributed by atoms with Crippen LogP contribution in [0.3, 0.4) is 0 Å². The molecule has 29 heavy (non-hydrogen) atoms. The summed E-state index contributed by atoms with van der Waals surface area (Å²) in [5.74, 6) is -1.45. The summed E-state index contributed by atoms with van der Waals surface area (Å²) >= 11 is 23.8. The average Bonchev–Trinajstić information content (AvgIpc) is 2.67. The first kappa shape index (κ1) is 22.8. The van der Waals surface area contributed by atoms with Crippen molar-refractivity contribution in [2.45, 2.75) is 19.3 Å². The summed E-state index contributed by atoms with van der Waals surface area (Å²) in [6, 6.07) is 9.02. The van der Waals surface area contributed by atoms with Crippen LogP contribution in [0.1, 0.15) is 30.4 Å². The molecule has 0 fully saturated rings. The fourth-order valence-corrected chi connectivity index (χ4v) is 3.28. The topological polar surface area (TPSA) is 100 Å². The van der Waals surface area contributed by atoms with Gasteiger partial charge in [0.25, 0.3) is 0 Å². The second-order valence-electron chi connectivity index (χ2n) is 5.56. The first-order valence-corrected chi connectivity index (χ1v) is 9.46. The van der Waals surface area contributed by atoms with E-state index in [9.17, 15) is 9.59 Å². The summed E-state index contributed by atoms with van der Waals surface area (Å²) in [7, 11) is 0. The number of nitrogens with zero attached hydrogens (tertiary/aromatic N) is 2. The summed E-state index contributed by atoms with van der Waals surface area (Å²) in [5, 5.41) is 17.8. The second kappa shape index (κ2) is 10.3. The van der Waals surface area contributed by atoms with Gasteiger partial charge in [0, 0.05) is 12.8 Å². The van der Waals surface area contributed by atoms with Gasteiger partial charge in [0.05, 0.1) is 43.4 Å². The highest BCUT2D eigenvalue weighted by atomic mass is 35.5. The summed E-state index contributed by atoms with van der Waals surface area (Å²) in [4.78, 5) is 23.9. The van der Waals surface area contributed by atoms with Gasteiger partial charge in [0.1, 0.15) is 0 Å². The molecule has 6 nitrogen and oxygen atoms in total. The van der Waals surface area contributed by atoms with Gasteiger partial charge >= 0.3 is 11.9 Å². The van der Waals surface area contributed by atoms with E-state index in [1.165, 1.54) is 24.3 Å². The van der Waals surface area contributed by atoms with Crippen LogP contribution in [-0.2, 0) is 9.59 Å². The highest BCUT2D eigenvalue weighted by Gasteiger charge is 2.17. The molecule has 0 radical (unpaired) electrons. The van der Waals surface area contributed by atoms with Crippen molar-refractivity contribution in [2.24, 2.45) is 0 Å². The third kappa shape index (κ3) is 6.25. The van der Waals surface area contributed by atoms with Gasteiger partial charge in [-0.1, -0.05) is 46.4 Å². The number of esters is 2. The molecule has 0 aromatic heterocycles. The van der Waals surface area contributed by atoms with E-state index in [4.69, 9.17) is 66.4 Å². The lowest BCUT2D eigenvalue weighted by Crippen LogP contribution is -2.12. The maximum absolute atomic E-state index is 12.0. The summed E-state index contributed by atoms with van der Waals surface area (Å²) in [6.07, 6.45) is -0.109. The Hall–Kier alpha value is -2.48. The number of nitriles is 2. The Morgan fingerprint density at radius 1 is 0.724 bits per heavy atom. The third-order valence-electron chi connectivity index (χ3n) is 3.45. The van der Waals surface area contributed by atoms with Gasteiger partial charge in [0.2, 0.25) is 0 Å². The number of rotatable bonds is 6. The molecular formula is C19H10Cl4N2O4. The number of benzene rings is 2. The minimum Gasteiger partial charge on any atom is -0.423 e. The van der Waals surface area contributed by atoms with Gasteiger partial charge in [0.15, 0.2) is 11.5 Å². The number of carbonyl (C=O) groups is 2. The number of halogens is 4. The Morgan fingerprint density at radius 3 is 1.31 bits per heavy atom. The molecule has 0 amide bonds. The molecule has 148 valence electrons. The molecule has 0 unspecified atom stereocenters. The molecule has 0 heterocycles. The molecule has 0 aliphatic heterocycles. The van der Waals surface area contributed by atoms with Crippen LogP contribution in [0.5, 0.6) is 11.5 Å². The molecule has 0 spiro atoms. The molecule has 0 saturated carbocycles. The number of carbonyl (C=O) groups excluding carboxylic acids is 2. The average molecular weight is 472 g/mol. The molecule has 10 heteroatoms. The summed E-state index contributed by atoms with van der Waals surface area (Å²) in [5.41, 5.74) is 0.449. The third-order valence-corrected chi connectivity index (χ3v) is 4.57. The van der Waals surface area contributed by atoms with Crippen LogP contribution in [0.2, 0.25) is 20.1 Å². The molecular weight excluding hydrogens is 462 g/mol. The standard InChI is InChI=1S/C19H10Cl4N2O4/c20-12-4-10(8-24)5-13(21)18(12)28-16(26)2-1-3-17(27)29-19-14(22)6-11(9-25)7-15(19)23/h4-7H,1-3H2. The van der Waals surface area contributed by atoms with Gasteiger partial charge in [-0.25, -0.2) is 0 Å². The van der Waals surface area contributed by atoms with E-state index < -0.39 is 11.9 Å². The lowest BCUT2D eigenvalue weighted by atomic mass is 10.2. The Balaban J connectivity index is 1.89. The molecule has 2 rings (SSSR count). The van der Waals surface area contributed by atoms with E-state index in [0.717, 1.165) is 0 Å². The van der Waals surface area contributed by atoms with Crippen LogP contribution in [0.15, 0.2) is 24.3 Å². The Morgan fingerprint density at radius 2 is 1.03 bits per heavy atom. The molecule has 0 bridgehead atoms. The Kier molecular flexibility index (Phi) is 8.13. The normalized spacial score (nSPS) is 10.0.